The van der Waals surface area contributed by atoms with Crippen LogP contribution in [-0.4, -0.2) is 11.7 Å². The monoisotopic (exact) mass is 205 g/mol. The Morgan fingerprint density at radius 2 is 2.07 bits per heavy atom. The Kier molecular flexibility index (Phi) is 2.81. The third kappa shape index (κ3) is 1.68. The molecule has 82 valence electrons. The molecule has 0 aromatic heterocycles. The van der Waals surface area contributed by atoms with Crippen LogP contribution in [0.15, 0.2) is 24.3 Å². The second-order valence-corrected chi connectivity index (χ2v) is 4.68. The van der Waals surface area contributed by atoms with Gasteiger partial charge in [-0.2, -0.15) is 0 Å². The molecular formula is C13H19NO. The molecule has 1 aliphatic carbocycles. The molecule has 0 radical (unpaired) electrons. The molecule has 3 N–H and O–H groups in total. The maximum atomic E-state index is 10.4. The van der Waals surface area contributed by atoms with E-state index in [4.69, 9.17) is 5.73 Å². The standard InChI is InChI=1S/C13H19NO/c1-10-5-2-3-6-11(10)12(15)13(9-14)7-4-8-13/h2-3,5-6,12,15H,4,7-9,14H2,1H3. The van der Waals surface area contributed by atoms with Gasteiger partial charge in [0.05, 0.1) is 6.10 Å². The summed E-state index contributed by atoms with van der Waals surface area (Å²) in [7, 11) is 0. The summed E-state index contributed by atoms with van der Waals surface area (Å²) in [5, 5.41) is 10.4. The van der Waals surface area contributed by atoms with Crippen molar-refractivity contribution in [3.63, 3.8) is 0 Å². The number of benzene rings is 1. The van der Waals surface area contributed by atoms with E-state index in [-0.39, 0.29) is 5.41 Å². The Morgan fingerprint density at radius 1 is 1.40 bits per heavy atom. The van der Waals surface area contributed by atoms with Crippen LogP contribution in [0, 0.1) is 12.3 Å². The highest BCUT2D eigenvalue weighted by Crippen LogP contribution is 2.49. The topological polar surface area (TPSA) is 46.2 Å². The molecule has 1 fully saturated rings. The summed E-state index contributed by atoms with van der Waals surface area (Å²) in [6.07, 6.45) is 2.91. The van der Waals surface area contributed by atoms with E-state index in [1.54, 1.807) is 0 Å². The van der Waals surface area contributed by atoms with Gasteiger partial charge in [-0.15, -0.1) is 0 Å². The maximum absolute atomic E-state index is 10.4. The fraction of sp³-hybridized carbons (Fsp3) is 0.538. The zero-order valence-electron chi connectivity index (χ0n) is 9.24. The van der Waals surface area contributed by atoms with Crippen molar-refractivity contribution in [3.8, 4) is 0 Å². The summed E-state index contributed by atoms with van der Waals surface area (Å²) in [5.41, 5.74) is 7.95. The van der Waals surface area contributed by atoms with Crippen LogP contribution in [0.4, 0.5) is 0 Å². The molecule has 0 amide bonds. The fourth-order valence-corrected chi connectivity index (χ4v) is 2.44. The van der Waals surface area contributed by atoms with Gasteiger partial charge in [-0.25, -0.2) is 0 Å². The van der Waals surface area contributed by atoms with E-state index in [2.05, 4.69) is 0 Å². The lowest BCUT2D eigenvalue weighted by Crippen LogP contribution is -2.42. The Balaban J connectivity index is 2.27. The van der Waals surface area contributed by atoms with Crippen LogP contribution in [0.3, 0.4) is 0 Å². The zero-order chi connectivity index (χ0) is 10.9. The van der Waals surface area contributed by atoms with Gasteiger partial charge >= 0.3 is 0 Å². The van der Waals surface area contributed by atoms with Crippen molar-refractivity contribution in [1.82, 2.24) is 0 Å². The van der Waals surface area contributed by atoms with Crippen molar-refractivity contribution < 1.29 is 5.11 Å². The summed E-state index contributed by atoms with van der Waals surface area (Å²) in [5.74, 6) is 0. The molecule has 2 heteroatoms. The molecule has 2 rings (SSSR count). The van der Waals surface area contributed by atoms with Gasteiger partial charge in [0.25, 0.3) is 0 Å². The number of aliphatic hydroxyl groups excluding tert-OH is 1. The second kappa shape index (κ2) is 3.95. The molecular weight excluding hydrogens is 186 g/mol. The number of aryl methyl sites for hydroxylation is 1. The van der Waals surface area contributed by atoms with Gasteiger partial charge in [0.2, 0.25) is 0 Å². The minimum Gasteiger partial charge on any atom is -0.388 e. The molecule has 0 heterocycles. The Bertz CT molecular complexity index is 339. The number of hydrogen-bond donors (Lipinski definition) is 2. The van der Waals surface area contributed by atoms with Crippen LogP contribution in [0.25, 0.3) is 0 Å². The predicted octanol–water partition coefficient (Wildman–Crippen LogP) is 2.16. The van der Waals surface area contributed by atoms with Crippen LogP contribution >= 0.6 is 0 Å². The van der Waals surface area contributed by atoms with E-state index >= 15 is 0 Å². The van der Waals surface area contributed by atoms with Gasteiger partial charge in [-0.05, 0) is 30.9 Å². The lowest BCUT2D eigenvalue weighted by Gasteiger charge is -2.45. The summed E-state index contributed by atoms with van der Waals surface area (Å²) < 4.78 is 0. The average molecular weight is 205 g/mol. The Morgan fingerprint density at radius 3 is 2.53 bits per heavy atom. The summed E-state index contributed by atoms with van der Waals surface area (Å²) in [6.45, 7) is 2.63. The first-order valence-corrected chi connectivity index (χ1v) is 5.63. The largest absolute Gasteiger partial charge is 0.388 e. The van der Waals surface area contributed by atoms with Crippen LogP contribution in [-0.2, 0) is 0 Å². The molecule has 1 unspecified atom stereocenters. The third-order valence-electron chi connectivity index (χ3n) is 3.82. The molecule has 0 saturated heterocycles. The highest BCUT2D eigenvalue weighted by Gasteiger charge is 2.43. The van der Waals surface area contributed by atoms with Gasteiger partial charge in [-0.3, -0.25) is 0 Å². The first-order valence-electron chi connectivity index (χ1n) is 5.63. The first kappa shape index (κ1) is 10.7. The minimum absolute atomic E-state index is 0.0495. The molecule has 1 saturated carbocycles. The molecule has 15 heavy (non-hydrogen) atoms. The highest BCUT2D eigenvalue weighted by molar-refractivity contribution is 5.29. The quantitative estimate of drug-likeness (QED) is 0.794. The van der Waals surface area contributed by atoms with Crippen molar-refractivity contribution >= 4 is 0 Å². The van der Waals surface area contributed by atoms with Gasteiger partial charge in [-0.1, -0.05) is 30.7 Å². The minimum atomic E-state index is -0.391. The highest BCUT2D eigenvalue weighted by atomic mass is 16.3. The van der Waals surface area contributed by atoms with Crippen LogP contribution in [0.1, 0.15) is 36.5 Å². The lowest BCUT2D eigenvalue weighted by molar-refractivity contribution is -0.0300. The summed E-state index contributed by atoms with van der Waals surface area (Å²) in [6, 6.07) is 8.03. The second-order valence-electron chi connectivity index (χ2n) is 4.68. The number of hydrogen-bond acceptors (Lipinski definition) is 2. The van der Waals surface area contributed by atoms with Crippen LogP contribution < -0.4 is 5.73 Å². The normalized spacial score (nSPS) is 20.7. The van der Waals surface area contributed by atoms with Crippen molar-refractivity contribution in [3.05, 3.63) is 35.4 Å². The SMILES string of the molecule is Cc1ccccc1C(O)C1(CN)CCC1. The molecule has 1 aliphatic rings. The van der Waals surface area contributed by atoms with Gasteiger partial charge in [0.1, 0.15) is 0 Å². The van der Waals surface area contributed by atoms with Crippen molar-refractivity contribution in [2.24, 2.45) is 11.1 Å². The maximum Gasteiger partial charge on any atom is 0.0860 e. The lowest BCUT2D eigenvalue weighted by atomic mass is 9.63. The molecule has 1 atom stereocenters. The van der Waals surface area contributed by atoms with Crippen molar-refractivity contribution in [1.29, 1.82) is 0 Å². The van der Waals surface area contributed by atoms with E-state index in [0.29, 0.717) is 6.54 Å². The van der Waals surface area contributed by atoms with Crippen molar-refractivity contribution in [2.75, 3.05) is 6.54 Å². The van der Waals surface area contributed by atoms with Crippen LogP contribution in [0.2, 0.25) is 0 Å². The van der Waals surface area contributed by atoms with Gasteiger partial charge in [0, 0.05) is 12.0 Å². The molecule has 0 aliphatic heterocycles. The number of rotatable bonds is 3. The summed E-state index contributed by atoms with van der Waals surface area (Å²) in [4.78, 5) is 0. The van der Waals surface area contributed by atoms with E-state index in [1.165, 1.54) is 6.42 Å². The smallest absolute Gasteiger partial charge is 0.0860 e. The average Bonchev–Trinajstić information content (AvgIpc) is 2.17. The Hall–Kier alpha value is -0.860. The molecule has 2 nitrogen and oxygen atoms in total. The predicted molar refractivity (Wildman–Crippen MR) is 61.5 cm³/mol. The zero-order valence-corrected chi connectivity index (χ0v) is 9.24. The number of nitrogens with two attached hydrogens (primary N) is 1. The first-order chi connectivity index (χ1) is 7.19. The Labute approximate surface area is 91.1 Å². The van der Waals surface area contributed by atoms with E-state index in [1.807, 2.05) is 31.2 Å². The fourth-order valence-electron chi connectivity index (χ4n) is 2.44. The molecule has 0 spiro atoms. The van der Waals surface area contributed by atoms with E-state index < -0.39 is 6.10 Å². The van der Waals surface area contributed by atoms with Crippen molar-refractivity contribution in [2.45, 2.75) is 32.3 Å². The number of aliphatic hydroxyl groups is 1. The molecule has 1 aromatic carbocycles. The van der Waals surface area contributed by atoms with E-state index in [9.17, 15) is 5.11 Å². The third-order valence-corrected chi connectivity index (χ3v) is 3.82. The van der Waals surface area contributed by atoms with Gasteiger partial charge in [0.15, 0.2) is 0 Å². The summed E-state index contributed by atoms with van der Waals surface area (Å²) >= 11 is 0. The molecule has 0 bridgehead atoms. The van der Waals surface area contributed by atoms with E-state index in [0.717, 1.165) is 24.0 Å². The molecule has 1 aromatic rings. The van der Waals surface area contributed by atoms with Crippen LogP contribution in [0.5, 0.6) is 0 Å². The van der Waals surface area contributed by atoms with Gasteiger partial charge < -0.3 is 10.8 Å².